The van der Waals surface area contributed by atoms with E-state index < -0.39 is 0 Å². The Bertz CT molecular complexity index is 217. The van der Waals surface area contributed by atoms with E-state index in [-0.39, 0.29) is 11.9 Å². The third-order valence-corrected chi connectivity index (χ3v) is 3.63. The second kappa shape index (κ2) is 12.5. The number of nitrogens with zero attached hydrogens (tertiary/aromatic N) is 1. The number of unbranched alkanes of at least 4 members (excludes halogenated alkanes) is 9. The molecule has 0 saturated carbocycles. The number of hydrogen-bond acceptors (Lipinski definition) is 2. The minimum absolute atomic E-state index is 0.0518. The lowest BCUT2D eigenvalue weighted by molar-refractivity contribution is -0.130. The molecule has 0 bridgehead atoms. The first-order valence-electron chi connectivity index (χ1n) is 8.06. The normalized spacial score (nSPS) is 12.4. The van der Waals surface area contributed by atoms with Crippen LogP contribution in [0.1, 0.15) is 77.6 Å². The lowest BCUT2D eigenvalue weighted by Crippen LogP contribution is -2.39. The number of likely N-dealkylation sites (N-methyl/N-ethyl adjacent to an activating group) is 1. The van der Waals surface area contributed by atoms with Crippen LogP contribution in [0, 0.1) is 0 Å². The molecule has 0 fully saturated rings. The van der Waals surface area contributed by atoms with E-state index in [1.54, 1.807) is 19.0 Å². The third-order valence-electron chi connectivity index (χ3n) is 3.63. The second-order valence-electron chi connectivity index (χ2n) is 5.81. The predicted octanol–water partition coefficient (Wildman–Crippen LogP) is 3.71. The first-order valence-corrected chi connectivity index (χ1v) is 8.06. The molecule has 0 aliphatic rings. The first-order chi connectivity index (χ1) is 9.09. The highest BCUT2D eigenvalue weighted by Crippen LogP contribution is 2.11. The molecule has 3 heteroatoms. The first kappa shape index (κ1) is 18.4. The van der Waals surface area contributed by atoms with Gasteiger partial charge in [0.15, 0.2) is 0 Å². The Morgan fingerprint density at radius 1 is 0.895 bits per heavy atom. The van der Waals surface area contributed by atoms with Crippen LogP contribution in [0.4, 0.5) is 0 Å². The highest BCUT2D eigenvalue weighted by Gasteiger charge is 2.14. The fourth-order valence-corrected chi connectivity index (χ4v) is 2.31. The molecule has 0 aliphatic carbocycles. The van der Waals surface area contributed by atoms with Crippen LogP contribution >= 0.6 is 0 Å². The summed E-state index contributed by atoms with van der Waals surface area (Å²) in [5.41, 5.74) is 5.84. The van der Waals surface area contributed by atoms with Crippen molar-refractivity contribution >= 4 is 5.91 Å². The fourth-order valence-electron chi connectivity index (χ4n) is 2.31. The maximum absolute atomic E-state index is 11.5. The average molecular weight is 270 g/mol. The number of amides is 1. The Hall–Kier alpha value is -0.570. The van der Waals surface area contributed by atoms with Gasteiger partial charge in [-0.2, -0.15) is 0 Å². The van der Waals surface area contributed by atoms with Crippen molar-refractivity contribution in [2.45, 2.75) is 83.6 Å². The minimum Gasteiger partial charge on any atom is -0.347 e. The molecule has 0 aromatic rings. The predicted molar refractivity (Wildman–Crippen MR) is 83.1 cm³/mol. The van der Waals surface area contributed by atoms with Crippen LogP contribution in [0.2, 0.25) is 0 Å². The zero-order valence-corrected chi connectivity index (χ0v) is 13.3. The maximum Gasteiger partial charge on any atom is 0.238 e. The number of carbonyl (C=O) groups is 1. The molecule has 0 rings (SSSR count). The van der Waals surface area contributed by atoms with E-state index in [4.69, 9.17) is 5.73 Å². The van der Waals surface area contributed by atoms with E-state index in [9.17, 15) is 4.79 Å². The summed E-state index contributed by atoms with van der Waals surface area (Å²) in [7, 11) is 3.53. The largest absolute Gasteiger partial charge is 0.347 e. The zero-order valence-electron chi connectivity index (χ0n) is 13.3. The van der Waals surface area contributed by atoms with Crippen molar-refractivity contribution in [3.63, 3.8) is 0 Å². The fraction of sp³-hybridized carbons (Fsp3) is 0.938. The van der Waals surface area contributed by atoms with E-state index in [1.807, 2.05) is 0 Å². The molecule has 0 radical (unpaired) electrons. The van der Waals surface area contributed by atoms with Crippen molar-refractivity contribution in [2.24, 2.45) is 5.73 Å². The maximum atomic E-state index is 11.5. The molecule has 1 unspecified atom stereocenters. The molecule has 0 saturated heterocycles. The van der Waals surface area contributed by atoms with Crippen molar-refractivity contribution < 1.29 is 4.79 Å². The highest BCUT2D eigenvalue weighted by atomic mass is 16.2. The lowest BCUT2D eigenvalue weighted by atomic mass is 10.0. The molecule has 0 aliphatic heterocycles. The standard InChI is InChI=1S/C16H34N2O/c1-4-5-6-7-8-9-10-11-12-13-14-15(17)16(19)18(2)3/h15H,4-14,17H2,1-3H3. The summed E-state index contributed by atoms with van der Waals surface area (Å²) in [5, 5.41) is 0. The van der Waals surface area contributed by atoms with Crippen molar-refractivity contribution in [1.29, 1.82) is 0 Å². The molecule has 1 amide bonds. The Morgan fingerprint density at radius 2 is 1.32 bits per heavy atom. The molecule has 3 nitrogen and oxygen atoms in total. The number of rotatable bonds is 12. The van der Waals surface area contributed by atoms with E-state index in [2.05, 4.69) is 6.92 Å². The van der Waals surface area contributed by atoms with E-state index >= 15 is 0 Å². The highest BCUT2D eigenvalue weighted by molar-refractivity contribution is 5.80. The van der Waals surface area contributed by atoms with Crippen LogP contribution in [0.25, 0.3) is 0 Å². The van der Waals surface area contributed by atoms with Crippen LogP contribution < -0.4 is 5.73 Å². The van der Waals surface area contributed by atoms with Gasteiger partial charge in [0, 0.05) is 14.1 Å². The van der Waals surface area contributed by atoms with Gasteiger partial charge in [0.25, 0.3) is 0 Å². The van der Waals surface area contributed by atoms with Crippen molar-refractivity contribution in [1.82, 2.24) is 4.90 Å². The van der Waals surface area contributed by atoms with E-state index in [1.165, 1.54) is 57.8 Å². The van der Waals surface area contributed by atoms with Gasteiger partial charge in [-0.25, -0.2) is 0 Å². The molecule has 0 heterocycles. The summed E-state index contributed by atoms with van der Waals surface area (Å²) in [5.74, 6) is 0.0518. The molecule has 114 valence electrons. The van der Waals surface area contributed by atoms with Crippen molar-refractivity contribution in [3.8, 4) is 0 Å². The SMILES string of the molecule is CCCCCCCCCCCCC(N)C(=O)N(C)C. The molecule has 0 aromatic carbocycles. The van der Waals surface area contributed by atoms with Gasteiger partial charge in [-0.15, -0.1) is 0 Å². The van der Waals surface area contributed by atoms with Crippen LogP contribution in [0.5, 0.6) is 0 Å². The number of hydrogen-bond donors (Lipinski definition) is 1. The molecule has 1 atom stereocenters. The van der Waals surface area contributed by atoms with Crippen LogP contribution in [0.3, 0.4) is 0 Å². The Balaban J connectivity index is 3.25. The molecular formula is C16H34N2O. The van der Waals surface area contributed by atoms with E-state index in [0.717, 1.165) is 12.8 Å². The molecule has 0 aromatic heterocycles. The molecule has 2 N–H and O–H groups in total. The summed E-state index contributed by atoms with van der Waals surface area (Å²) in [6, 6.07) is -0.302. The molecule has 19 heavy (non-hydrogen) atoms. The van der Waals surface area contributed by atoms with Crippen LogP contribution in [0.15, 0.2) is 0 Å². The quantitative estimate of drug-likeness (QED) is 0.549. The van der Waals surface area contributed by atoms with Gasteiger partial charge in [-0.05, 0) is 6.42 Å². The van der Waals surface area contributed by atoms with Gasteiger partial charge >= 0.3 is 0 Å². The topological polar surface area (TPSA) is 46.3 Å². The Kier molecular flexibility index (Phi) is 12.1. The van der Waals surface area contributed by atoms with Crippen LogP contribution in [-0.2, 0) is 4.79 Å². The molecule has 0 spiro atoms. The summed E-state index contributed by atoms with van der Waals surface area (Å²) in [4.78, 5) is 13.1. The summed E-state index contributed by atoms with van der Waals surface area (Å²) in [6.45, 7) is 2.26. The van der Waals surface area contributed by atoms with Crippen molar-refractivity contribution in [2.75, 3.05) is 14.1 Å². The van der Waals surface area contributed by atoms with Gasteiger partial charge < -0.3 is 10.6 Å². The Labute approximate surface area is 119 Å². The summed E-state index contributed by atoms with van der Waals surface area (Å²) < 4.78 is 0. The van der Waals surface area contributed by atoms with Crippen molar-refractivity contribution in [3.05, 3.63) is 0 Å². The van der Waals surface area contributed by atoms with Crippen LogP contribution in [-0.4, -0.2) is 30.9 Å². The summed E-state index contributed by atoms with van der Waals surface area (Å²) >= 11 is 0. The van der Waals surface area contributed by atoms with Gasteiger partial charge in [-0.3, -0.25) is 4.79 Å². The monoisotopic (exact) mass is 270 g/mol. The van der Waals surface area contributed by atoms with Gasteiger partial charge in [0.05, 0.1) is 6.04 Å². The zero-order chi connectivity index (χ0) is 14.5. The van der Waals surface area contributed by atoms with Gasteiger partial charge in [0.1, 0.15) is 0 Å². The minimum atomic E-state index is -0.302. The van der Waals surface area contributed by atoms with E-state index in [0.29, 0.717) is 0 Å². The number of nitrogens with two attached hydrogens (primary N) is 1. The summed E-state index contributed by atoms with van der Waals surface area (Å²) in [6.07, 6.45) is 14.0. The second-order valence-corrected chi connectivity index (χ2v) is 5.81. The lowest BCUT2D eigenvalue weighted by Gasteiger charge is -2.16. The average Bonchev–Trinajstić information content (AvgIpc) is 2.39. The molecular weight excluding hydrogens is 236 g/mol. The smallest absolute Gasteiger partial charge is 0.238 e. The number of carbonyl (C=O) groups excluding carboxylic acids is 1. The van der Waals surface area contributed by atoms with Gasteiger partial charge in [-0.1, -0.05) is 71.1 Å². The Morgan fingerprint density at radius 3 is 1.74 bits per heavy atom. The van der Waals surface area contributed by atoms with Gasteiger partial charge in [0.2, 0.25) is 5.91 Å². The third kappa shape index (κ3) is 11.0.